The van der Waals surface area contributed by atoms with E-state index < -0.39 is 0 Å². The summed E-state index contributed by atoms with van der Waals surface area (Å²) in [6.07, 6.45) is 4.83. The van der Waals surface area contributed by atoms with Crippen LogP contribution >= 0.6 is 24.8 Å². The lowest BCUT2D eigenvalue weighted by Gasteiger charge is -2.29. The Morgan fingerprint density at radius 3 is 2.79 bits per heavy atom. The number of hydrogen-bond donors (Lipinski definition) is 2. The van der Waals surface area contributed by atoms with E-state index in [0.717, 1.165) is 43.9 Å². The Balaban J connectivity index is 0.00000144. The smallest absolute Gasteiger partial charge is 0.227 e. The van der Waals surface area contributed by atoms with Crippen molar-refractivity contribution in [2.75, 3.05) is 43.1 Å². The third kappa shape index (κ3) is 4.72. The number of morpholine rings is 1. The number of anilines is 2. The van der Waals surface area contributed by atoms with E-state index >= 15 is 0 Å². The summed E-state index contributed by atoms with van der Waals surface area (Å²) in [4.78, 5) is 19.2. The first-order valence-corrected chi connectivity index (χ1v) is 8.08. The molecule has 1 aromatic rings. The third-order valence-corrected chi connectivity index (χ3v) is 4.65. The second-order valence-corrected chi connectivity index (χ2v) is 6.00. The zero-order chi connectivity index (χ0) is 15.4. The highest BCUT2D eigenvalue weighted by atomic mass is 35.5. The molecule has 3 rings (SSSR count). The van der Waals surface area contributed by atoms with Gasteiger partial charge in [-0.2, -0.15) is 0 Å². The van der Waals surface area contributed by atoms with Crippen LogP contribution in [-0.2, 0) is 9.53 Å². The second-order valence-electron chi connectivity index (χ2n) is 6.00. The maximum atomic E-state index is 12.6. The van der Waals surface area contributed by atoms with Gasteiger partial charge in [-0.1, -0.05) is 6.42 Å². The number of rotatable bonds is 4. The van der Waals surface area contributed by atoms with Crippen LogP contribution < -0.4 is 16.0 Å². The van der Waals surface area contributed by atoms with Gasteiger partial charge in [-0.25, -0.2) is 4.98 Å². The van der Waals surface area contributed by atoms with E-state index in [1.165, 1.54) is 0 Å². The summed E-state index contributed by atoms with van der Waals surface area (Å²) in [5.74, 6) is 1.25. The Morgan fingerprint density at radius 1 is 1.33 bits per heavy atom. The van der Waals surface area contributed by atoms with Crippen molar-refractivity contribution in [3.05, 3.63) is 18.3 Å². The molecule has 6 nitrogen and oxygen atoms in total. The highest BCUT2D eigenvalue weighted by Gasteiger charge is 2.32. The second kappa shape index (κ2) is 10.0. The van der Waals surface area contributed by atoms with Crippen molar-refractivity contribution in [1.82, 2.24) is 4.98 Å². The van der Waals surface area contributed by atoms with Crippen LogP contribution in [0.5, 0.6) is 0 Å². The molecule has 1 saturated heterocycles. The topological polar surface area (TPSA) is 80.5 Å². The van der Waals surface area contributed by atoms with Gasteiger partial charge in [0.25, 0.3) is 0 Å². The first-order chi connectivity index (χ1) is 10.8. The van der Waals surface area contributed by atoms with Gasteiger partial charge in [0.15, 0.2) is 5.82 Å². The van der Waals surface area contributed by atoms with Gasteiger partial charge in [0.1, 0.15) is 0 Å². The van der Waals surface area contributed by atoms with E-state index in [2.05, 4.69) is 15.2 Å². The summed E-state index contributed by atoms with van der Waals surface area (Å²) in [7, 11) is 0. The van der Waals surface area contributed by atoms with Crippen LogP contribution in [0.25, 0.3) is 0 Å². The molecule has 3 N–H and O–H groups in total. The molecule has 0 spiro atoms. The van der Waals surface area contributed by atoms with Gasteiger partial charge in [0, 0.05) is 25.2 Å². The summed E-state index contributed by atoms with van der Waals surface area (Å²) in [6, 6.07) is 3.77. The fourth-order valence-electron chi connectivity index (χ4n) is 3.41. The Morgan fingerprint density at radius 2 is 2.08 bits per heavy atom. The molecule has 0 bridgehead atoms. The highest BCUT2D eigenvalue weighted by molar-refractivity contribution is 5.95. The van der Waals surface area contributed by atoms with Crippen molar-refractivity contribution in [3.8, 4) is 0 Å². The minimum atomic E-state index is 0. The van der Waals surface area contributed by atoms with Gasteiger partial charge in [-0.15, -0.1) is 24.8 Å². The van der Waals surface area contributed by atoms with Crippen molar-refractivity contribution in [2.24, 2.45) is 17.6 Å². The van der Waals surface area contributed by atoms with Crippen molar-refractivity contribution in [1.29, 1.82) is 0 Å². The van der Waals surface area contributed by atoms with Gasteiger partial charge in [0.05, 0.1) is 18.9 Å². The van der Waals surface area contributed by atoms with E-state index in [9.17, 15) is 4.79 Å². The quantitative estimate of drug-likeness (QED) is 0.840. The average molecular weight is 377 g/mol. The number of aromatic nitrogens is 1. The number of halogens is 2. The van der Waals surface area contributed by atoms with Gasteiger partial charge >= 0.3 is 0 Å². The van der Waals surface area contributed by atoms with Crippen molar-refractivity contribution in [3.63, 3.8) is 0 Å². The molecular formula is C16H26Cl2N4O2. The van der Waals surface area contributed by atoms with Crippen LogP contribution in [-0.4, -0.2) is 43.7 Å². The number of hydrogen-bond acceptors (Lipinski definition) is 5. The van der Waals surface area contributed by atoms with Crippen LogP contribution in [0.3, 0.4) is 0 Å². The van der Waals surface area contributed by atoms with Crippen LogP contribution in [0.1, 0.15) is 19.3 Å². The summed E-state index contributed by atoms with van der Waals surface area (Å²) >= 11 is 0. The van der Waals surface area contributed by atoms with E-state index in [-0.39, 0.29) is 36.6 Å². The maximum absolute atomic E-state index is 12.6. The number of ether oxygens (including phenoxy) is 1. The fraction of sp³-hybridized carbons (Fsp3) is 0.625. The van der Waals surface area contributed by atoms with E-state index in [4.69, 9.17) is 10.5 Å². The number of carbonyl (C=O) groups excluding carboxylic acids is 1. The average Bonchev–Trinajstić information content (AvgIpc) is 3.05. The van der Waals surface area contributed by atoms with Gasteiger partial charge in [-0.3, -0.25) is 4.79 Å². The normalized spacial score (nSPS) is 23.1. The molecule has 1 saturated carbocycles. The van der Waals surface area contributed by atoms with Crippen molar-refractivity contribution >= 4 is 42.2 Å². The zero-order valence-electron chi connectivity index (χ0n) is 13.6. The van der Waals surface area contributed by atoms with Crippen LogP contribution in [0.4, 0.5) is 11.5 Å². The Bertz CT molecular complexity index is 527. The molecule has 2 fully saturated rings. The fourth-order valence-corrected chi connectivity index (χ4v) is 3.41. The number of nitrogens with two attached hydrogens (primary N) is 1. The van der Waals surface area contributed by atoms with Crippen LogP contribution in [0, 0.1) is 11.8 Å². The standard InChI is InChI=1S/C16H24N4O2.2ClH/c17-11-12-3-1-4-13(12)16(21)19-14-5-2-6-18-15(14)20-7-9-22-10-8-20;;/h2,5-6,12-13H,1,3-4,7-11,17H2,(H,19,21);2*1H/t12-,13-;;/m1../s1. The molecule has 136 valence electrons. The predicted octanol–water partition coefficient (Wildman–Crippen LogP) is 2.08. The summed E-state index contributed by atoms with van der Waals surface area (Å²) < 4.78 is 5.38. The Kier molecular flexibility index (Phi) is 8.76. The van der Waals surface area contributed by atoms with Gasteiger partial charge in [0.2, 0.25) is 5.91 Å². The summed E-state index contributed by atoms with van der Waals surface area (Å²) in [6.45, 7) is 3.58. The molecule has 1 aromatic heterocycles. The van der Waals surface area contributed by atoms with E-state index in [1.54, 1.807) is 6.20 Å². The van der Waals surface area contributed by atoms with Gasteiger partial charge in [-0.05, 0) is 37.4 Å². The molecule has 2 aliphatic rings. The molecular weight excluding hydrogens is 351 g/mol. The zero-order valence-corrected chi connectivity index (χ0v) is 15.3. The lowest BCUT2D eigenvalue weighted by Crippen LogP contribution is -2.37. The van der Waals surface area contributed by atoms with Crippen molar-refractivity contribution < 1.29 is 9.53 Å². The minimum absolute atomic E-state index is 0. The van der Waals surface area contributed by atoms with Crippen molar-refractivity contribution in [2.45, 2.75) is 19.3 Å². The first kappa shape index (κ1) is 21.0. The molecule has 8 heteroatoms. The number of nitrogens with zero attached hydrogens (tertiary/aromatic N) is 2. The summed E-state index contributed by atoms with van der Waals surface area (Å²) in [5, 5.41) is 3.07. The number of nitrogens with one attached hydrogen (secondary N) is 1. The maximum Gasteiger partial charge on any atom is 0.227 e. The molecule has 24 heavy (non-hydrogen) atoms. The molecule has 0 unspecified atom stereocenters. The molecule has 2 atom stereocenters. The summed E-state index contributed by atoms with van der Waals surface area (Å²) in [5.41, 5.74) is 6.58. The number of carbonyl (C=O) groups is 1. The highest BCUT2D eigenvalue weighted by Crippen LogP contribution is 2.33. The molecule has 2 heterocycles. The number of amides is 1. The predicted molar refractivity (Wildman–Crippen MR) is 100 cm³/mol. The first-order valence-electron chi connectivity index (χ1n) is 8.08. The van der Waals surface area contributed by atoms with Crippen LogP contribution in [0.15, 0.2) is 18.3 Å². The molecule has 0 aromatic carbocycles. The molecule has 1 aliphatic heterocycles. The monoisotopic (exact) mass is 376 g/mol. The Labute approximate surface area is 155 Å². The molecule has 1 amide bonds. The van der Waals surface area contributed by atoms with Gasteiger partial charge < -0.3 is 20.7 Å². The lowest BCUT2D eigenvalue weighted by atomic mass is 9.95. The largest absolute Gasteiger partial charge is 0.378 e. The molecule has 1 aliphatic carbocycles. The number of pyridine rings is 1. The third-order valence-electron chi connectivity index (χ3n) is 4.65. The molecule has 0 radical (unpaired) electrons. The Hall–Kier alpha value is -1.08. The van der Waals surface area contributed by atoms with E-state index in [1.807, 2.05) is 12.1 Å². The SMILES string of the molecule is Cl.Cl.NC[C@H]1CCC[C@H]1C(=O)Nc1cccnc1N1CCOCC1. The minimum Gasteiger partial charge on any atom is -0.378 e. The van der Waals surface area contributed by atoms with E-state index in [0.29, 0.717) is 25.7 Å². The lowest BCUT2D eigenvalue weighted by molar-refractivity contribution is -0.120. The van der Waals surface area contributed by atoms with Crippen LogP contribution in [0.2, 0.25) is 0 Å².